The maximum absolute atomic E-state index is 9.56. The molecule has 0 spiro atoms. The van der Waals surface area contributed by atoms with E-state index < -0.39 is 0 Å². The van der Waals surface area contributed by atoms with Gasteiger partial charge < -0.3 is 15.5 Å². The third-order valence-electron chi connectivity index (χ3n) is 4.81. The number of phenols is 1. The van der Waals surface area contributed by atoms with Gasteiger partial charge >= 0.3 is 0 Å². The molecule has 1 unspecified atom stereocenters. The van der Waals surface area contributed by atoms with Crippen LogP contribution in [0.15, 0.2) is 24.3 Å². The highest BCUT2D eigenvalue weighted by Crippen LogP contribution is 2.34. The van der Waals surface area contributed by atoms with Crippen LogP contribution in [-0.2, 0) is 0 Å². The summed E-state index contributed by atoms with van der Waals surface area (Å²) < 4.78 is 0. The number of aliphatic hydroxyl groups excluding tert-OH is 1. The second-order valence-corrected chi connectivity index (χ2v) is 7.74. The van der Waals surface area contributed by atoms with E-state index in [2.05, 4.69) is 31.3 Å². The predicted molar refractivity (Wildman–Crippen MR) is 91.2 cm³/mol. The molecule has 1 aromatic rings. The van der Waals surface area contributed by atoms with Gasteiger partial charge in [-0.15, -0.1) is 0 Å². The monoisotopic (exact) mass is 305 g/mol. The zero-order valence-corrected chi connectivity index (χ0v) is 14.2. The van der Waals surface area contributed by atoms with Crippen LogP contribution in [0.25, 0.3) is 0 Å². The van der Waals surface area contributed by atoms with Gasteiger partial charge in [0.2, 0.25) is 0 Å². The zero-order chi connectivity index (χ0) is 16.2. The molecule has 1 fully saturated rings. The van der Waals surface area contributed by atoms with Crippen LogP contribution in [0.3, 0.4) is 0 Å². The summed E-state index contributed by atoms with van der Waals surface area (Å²) in [4.78, 5) is 0. The summed E-state index contributed by atoms with van der Waals surface area (Å²) in [6.45, 7) is 7.26. The Bertz CT molecular complexity index is 445. The summed E-state index contributed by atoms with van der Waals surface area (Å²) in [7, 11) is 0. The molecule has 2 rings (SSSR count). The van der Waals surface area contributed by atoms with Crippen LogP contribution >= 0.6 is 0 Å². The first kappa shape index (κ1) is 17.3. The summed E-state index contributed by atoms with van der Waals surface area (Å²) in [5, 5.41) is 22.6. The number of aromatic hydroxyl groups is 1. The molecule has 3 heteroatoms. The Morgan fingerprint density at radius 1 is 1.14 bits per heavy atom. The number of hydrogen-bond donors (Lipinski definition) is 3. The summed E-state index contributed by atoms with van der Waals surface area (Å²) in [5.41, 5.74) is 1.49. The van der Waals surface area contributed by atoms with Crippen molar-refractivity contribution in [1.82, 2.24) is 5.32 Å². The molecule has 3 N–H and O–H groups in total. The summed E-state index contributed by atoms with van der Waals surface area (Å²) in [6, 6.07) is 8.29. The third kappa shape index (κ3) is 5.29. The number of rotatable bonds is 6. The van der Waals surface area contributed by atoms with Crippen molar-refractivity contribution in [3.63, 3.8) is 0 Å². The Labute approximate surface area is 134 Å². The zero-order valence-electron chi connectivity index (χ0n) is 14.2. The van der Waals surface area contributed by atoms with Crippen molar-refractivity contribution in [2.24, 2.45) is 5.41 Å². The molecule has 1 saturated carbocycles. The number of nitrogens with one attached hydrogen (secondary N) is 1. The van der Waals surface area contributed by atoms with E-state index in [1.807, 2.05) is 6.92 Å². The van der Waals surface area contributed by atoms with Crippen molar-refractivity contribution in [3.8, 4) is 5.75 Å². The quantitative estimate of drug-likeness (QED) is 0.749. The molecular weight excluding hydrogens is 274 g/mol. The van der Waals surface area contributed by atoms with Crippen LogP contribution in [0.4, 0.5) is 0 Å². The van der Waals surface area contributed by atoms with Crippen LogP contribution < -0.4 is 5.32 Å². The molecular formula is C19H31NO2. The highest BCUT2D eigenvalue weighted by atomic mass is 16.3. The molecule has 1 aliphatic carbocycles. The highest BCUT2D eigenvalue weighted by Gasteiger charge is 2.25. The van der Waals surface area contributed by atoms with Gasteiger partial charge in [-0.25, -0.2) is 0 Å². The standard InChI is InChI=1S/C19H31NO2/c1-14(21)12-19(2,3)13-20-17-8-4-15(5-9-17)16-6-10-18(22)11-7-16/h6-7,10-11,14-15,17,20-22H,4-5,8-9,12-13H2,1-3H3. The van der Waals surface area contributed by atoms with E-state index in [1.165, 1.54) is 31.2 Å². The molecule has 0 saturated heterocycles. The first-order chi connectivity index (χ1) is 10.4. The van der Waals surface area contributed by atoms with E-state index in [4.69, 9.17) is 0 Å². The Morgan fingerprint density at radius 3 is 2.27 bits per heavy atom. The molecule has 0 aliphatic heterocycles. The molecule has 0 radical (unpaired) electrons. The number of phenolic OH excluding ortho intramolecular Hbond substituents is 1. The summed E-state index contributed by atoms with van der Waals surface area (Å²) >= 11 is 0. The Hall–Kier alpha value is -1.06. The predicted octanol–water partition coefficient (Wildman–Crippen LogP) is 3.81. The van der Waals surface area contributed by atoms with E-state index in [1.54, 1.807) is 12.1 Å². The fourth-order valence-electron chi connectivity index (χ4n) is 3.67. The smallest absolute Gasteiger partial charge is 0.115 e. The van der Waals surface area contributed by atoms with E-state index in [-0.39, 0.29) is 11.5 Å². The van der Waals surface area contributed by atoms with E-state index in [0.29, 0.717) is 17.7 Å². The van der Waals surface area contributed by atoms with Gasteiger partial charge in [0.25, 0.3) is 0 Å². The minimum Gasteiger partial charge on any atom is -0.508 e. The molecule has 22 heavy (non-hydrogen) atoms. The van der Waals surface area contributed by atoms with Gasteiger partial charge in [-0.05, 0) is 68.1 Å². The highest BCUT2D eigenvalue weighted by molar-refractivity contribution is 5.28. The van der Waals surface area contributed by atoms with Crippen LogP contribution in [0.2, 0.25) is 0 Å². The largest absolute Gasteiger partial charge is 0.508 e. The van der Waals surface area contributed by atoms with Gasteiger partial charge in [0.15, 0.2) is 0 Å². The average Bonchev–Trinajstić information content (AvgIpc) is 2.45. The molecule has 3 nitrogen and oxygen atoms in total. The van der Waals surface area contributed by atoms with Crippen LogP contribution in [0.5, 0.6) is 5.75 Å². The Morgan fingerprint density at radius 2 is 1.73 bits per heavy atom. The minimum atomic E-state index is -0.234. The van der Waals surface area contributed by atoms with Crippen LogP contribution in [-0.4, -0.2) is 28.9 Å². The lowest BCUT2D eigenvalue weighted by Crippen LogP contribution is -2.40. The van der Waals surface area contributed by atoms with Gasteiger partial charge in [-0.2, -0.15) is 0 Å². The fraction of sp³-hybridized carbons (Fsp3) is 0.684. The normalized spacial score (nSPS) is 24.2. The topological polar surface area (TPSA) is 52.5 Å². The number of aliphatic hydroxyl groups is 1. The van der Waals surface area contributed by atoms with Crippen LogP contribution in [0, 0.1) is 5.41 Å². The Kier molecular flexibility index (Phi) is 5.87. The molecule has 124 valence electrons. The second-order valence-electron chi connectivity index (χ2n) is 7.74. The third-order valence-corrected chi connectivity index (χ3v) is 4.81. The van der Waals surface area contributed by atoms with Crippen molar-refractivity contribution >= 4 is 0 Å². The molecule has 1 aliphatic rings. The van der Waals surface area contributed by atoms with Crippen molar-refractivity contribution < 1.29 is 10.2 Å². The second kappa shape index (κ2) is 7.47. The number of benzene rings is 1. The fourth-order valence-corrected chi connectivity index (χ4v) is 3.67. The van der Waals surface area contributed by atoms with E-state index in [9.17, 15) is 10.2 Å². The van der Waals surface area contributed by atoms with Gasteiger partial charge in [-0.1, -0.05) is 26.0 Å². The molecule has 1 atom stereocenters. The molecule has 0 heterocycles. The van der Waals surface area contributed by atoms with Gasteiger partial charge in [0.05, 0.1) is 6.10 Å². The lowest BCUT2D eigenvalue weighted by molar-refractivity contribution is 0.124. The maximum Gasteiger partial charge on any atom is 0.115 e. The van der Waals surface area contributed by atoms with Crippen molar-refractivity contribution in [1.29, 1.82) is 0 Å². The maximum atomic E-state index is 9.56. The molecule has 0 aromatic heterocycles. The molecule has 0 amide bonds. The van der Waals surface area contributed by atoms with Gasteiger partial charge in [0.1, 0.15) is 5.75 Å². The lowest BCUT2D eigenvalue weighted by Gasteiger charge is -2.33. The number of hydrogen-bond acceptors (Lipinski definition) is 3. The first-order valence-electron chi connectivity index (χ1n) is 8.56. The minimum absolute atomic E-state index is 0.141. The molecule has 0 bridgehead atoms. The SMILES string of the molecule is CC(O)CC(C)(C)CNC1CCC(c2ccc(O)cc2)CC1. The summed E-state index contributed by atoms with van der Waals surface area (Å²) in [5.74, 6) is 0.976. The Balaban J connectivity index is 1.76. The lowest BCUT2D eigenvalue weighted by atomic mass is 9.81. The van der Waals surface area contributed by atoms with Gasteiger partial charge in [0, 0.05) is 12.6 Å². The van der Waals surface area contributed by atoms with Crippen molar-refractivity contribution in [3.05, 3.63) is 29.8 Å². The van der Waals surface area contributed by atoms with E-state index >= 15 is 0 Å². The van der Waals surface area contributed by atoms with Crippen LogP contribution in [0.1, 0.15) is 64.4 Å². The van der Waals surface area contributed by atoms with Gasteiger partial charge in [-0.3, -0.25) is 0 Å². The average molecular weight is 305 g/mol. The van der Waals surface area contributed by atoms with E-state index in [0.717, 1.165) is 13.0 Å². The molecule has 1 aromatic carbocycles. The van der Waals surface area contributed by atoms with Crippen molar-refractivity contribution in [2.45, 2.75) is 70.9 Å². The van der Waals surface area contributed by atoms with Crippen molar-refractivity contribution in [2.75, 3.05) is 6.54 Å². The first-order valence-corrected chi connectivity index (χ1v) is 8.56. The summed E-state index contributed by atoms with van der Waals surface area (Å²) in [6.07, 6.45) is 5.43.